The standard InChI is InChI=1S/C31H38F2N6O4S/c1-19(2)43-31-36-15-21(16-37-31)28(20-8-10-22(32)11-9-20)29(34)30(40)38-27-7-3-6-26(33)25(27)13-12-24-17-35-23-5-4-14-44(41,42)39(24)18-23/h3,6-11,15-16,19,23-24,28-29,35H,4-5,12-14,17-18,34H2,1-2H3,(H,38,40)/t23-,24+,28?,29?/m1/s1. The summed E-state index contributed by atoms with van der Waals surface area (Å²) in [5.41, 5.74) is 8.13. The minimum atomic E-state index is -3.40. The van der Waals surface area contributed by atoms with Gasteiger partial charge in [0.1, 0.15) is 11.6 Å². The molecule has 0 spiro atoms. The number of rotatable bonds is 10. The van der Waals surface area contributed by atoms with E-state index in [0.717, 1.165) is 6.42 Å². The van der Waals surface area contributed by atoms with E-state index < -0.39 is 39.5 Å². The predicted molar refractivity (Wildman–Crippen MR) is 163 cm³/mol. The lowest BCUT2D eigenvalue weighted by Gasteiger charge is -2.37. The summed E-state index contributed by atoms with van der Waals surface area (Å²) in [5, 5.41) is 6.21. The van der Waals surface area contributed by atoms with Gasteiger partial charge in [-0.05, 0) is 74.9 Å². The Kier molecular flexibility index (Phi) is 9.88. The first-order chi connectivity index (χ1) is 21.0. The van der Waals surface area contributed by atoms with Crippen molar-refractivity contribution in [2.75, 3.05) is 24.2 Å². The van der Waals surface area contributed by atoms with Crippen LogP contribution in [-0.2, 0) is 21.2 Å². The average molecular weight is 629 g/mol. The molecule has 2 saturated heterocycles. The number of ether oxygens (including phenoxy) is 1. The van der Waals surface area contributed by atoms with Crippen LogP contribution in [0.2, 0.25) is 0 Å². The van der Waals surface area contributed by atoms with Gasteiger partial charge >= 0.3 is 6.01 Å². The highest BCUT2D eigenvalue weighted by molar-refractivity contribution is 7.89. The molecule has 3 heterocycles. The number of nitrogens with zero attached hydrogens (tertiary/aromatic N) is 3. The molecule has 236 valence electrons. The number of anilines is 1. The van der Waals surface area contributed by atoms with Gasteiger partial charge in [0, 0.05) is 54.7 Å². The summed E-state index contributed by atoms with van der Waals surface area (Å²) in [6, 6.07) is 8.81. The molecule has 5 rings (SSSR count). The SMILES string of the molecule is CC(C)Oc1ncc(C(c2ccc(F)cc2)C(N)C(=O)Nc2cccc(F)c2CC[C@H]2CN[C@@H]3CCCS(=O)(=O)N2C3)cn1. The summed E-state index contributed by atoms with van der Waals surface area (Å²) in [5.74, 6) is -2.19. The monoisotopic (exact) mass is 628 g/mol. The zero-order valence-electron chi connectivity index (χ0n) is 24.7. The highest BCUT2D eigenvalue weighted by atomic mass is 32.2. The van der Waals surface area contributed by atoms with Gasteiger partial charge < -0.3 is 21.1 Å². The topological polar surface area (TPSA) is 140 Å². The molecule has 2 aromatic carbocycles. The molecule has 10 nitrogen and oxygen atoms in total. The second-order valence-corrected chi connectivity index (χ2v) is 13.6. The summed E-state index contributed by atoms with van der Waals surface area (Å²) in [4.78, 5) is 22.1. The van der Waals surface area contributed by atoms with E-state index in [1.54, 1.807) is 22.5 Å². The lowest BCUT2D eigenvalue weighted by atomic mass is 9.86. The maximum absolute atomic E-state index is 15.2. The molecule has 0 saturated carbocycles. The van der Waals surface area contributed by atoms with Gasteiger partial charge in [0.25, 0.3) is 0 Å². The Morgan fingerprint density at radius 1 is 1.14 bits per heavy atom. The normalized spacial score (nSPS) is 22.5. The third-order valence-electron chi connectivity index (χ3n) is 8.11. The Morgan fingerprint density at radius 2 is 1.86 bits per heavy atom. The number of nitrogens with one attached hydrogen (secondary N) is 2. The smallest absolute Gasteiger partial charge is 0.316 e. The van der Waals surface area contributed by atoms with Gasteiger partial charge in [-0.15, -0.1) is 0 Å². The van der Waals surface area contributed by atoms with Crippen LogP contribution in [0.5, 0.6) is 6.01 Å². The summed E-state index contributed by atoms with van der Waals surface area (Å²) < 4.78 is 61.8. The van der Waals surface area contributed by atoms with Gasteiger partial charge in [0.05, 0.1) is 17.9 Å². The van der Waals surface area contributed by atoms with E-state index in [4.69, 9.17) is 10.5 Å². The number of hydrogen-bond donors (Lipinski definition) is 3. The van der Waals surface area contributed by atoms with E-state index >= 15 is 4.39 Å². The quantitative estimate of drug-likeness (QED) is 0.311. The first-order valence-corrected chi connectivity index (χ1v) is 16.4. The number of halogens is 2. The van der Waals surface area contributed by atoms with Crippen LogP contribution in [0.25, 0.3) is 0 Å². The third-order valence-corrected chi connectivity index (χ3v) is 10.1. The van der Waals surface area contributed by atoms with E-state index in [0.29, 0.717) is 37.1 Å². The fraction of sp³-hybridized carbons (Fsp3) is 0.452. The number of sulfonamides is 1. The molecule has 3 aromatic rings. The Hall–Kier alpha value is -3.52. The maximum Gasteiger partial charge on any atom is 0.316 e. The van der Waals surface area contributed by atoms with Gasteiger partial charge in [-0.1, -0.05) is 18.2 Å². The molecule has 13 heteroatoms. The van der Waals surface area contributed by atoms with Crippen LogP contribution < -0.4 is 21.1 Å². The predicted octanol–water partition coefficient (Wildman–Crippen LogP) is 3.34. The molecule has 0 radical (unpaired) electrons. The molecule has 1 aromatic heterocycles. The summed E-state index contributed by atoms with van der Waals surface area (Å²) in [6.07, 6.45) is 4.86. The first kappa shape index (κ1) is 31.9. The largest absolute Gasteiger partial charge is 0.461 e. The summed E-state index contributed by atoms with van der Waals surface area (Å²) >= 11 is 0. The number of nitrogens with two attached hydrogens (primary N) is 1. The minimum absolute atomic E-state index is 0.105. The van der Waals surface area contributed by atoms with E-state index in [-0.39, 0.29) is 47.6 Å². The number of amides is 1. The first-order valence-electron chi connectivity index (χ1n) is 14.8. The summed E-state index contributed by atoms with van der Waals surface area (Å²) in [7, 11) is -3.40. The molecule has 4 N–H and O–H groups in total. The molecule has 5 atom stereocenters. The van der Waals surface area contributed by atoms with E-state index in [1.807, 2.05) is 13.8 Å². The van der Waals surface area contributed by atoms with Crippen molar-refractivity contribution in [3.8, 4) is 6.01 Å². The number of hydrogen-bond acceptors (Lipinski definition) is 8. The number of benzene rings is 2. The van der Waals surface area contributed by atoms with Crippen molar-refractivity contribution in [3.05, 3.63) is 83.2 Å². The molecule has 0 aliphatic carbocycles. The van der Waals surface area contributed by atoms with Crippen molar-refractivity contribution in [2.24, 2.45) is 5.73 Å². The highest BCUT2D eigenvalue weighted by Gasteiger charge is 2.38. The van der Waals surface area contributed by atoms with Crippen LogP contribution in [0.4, 0.5) is 14.5 Å². The van der Waals surface area contributed by atoms with Crippen LogP contribution in [0, 0.1) is 11.6 Å². The molecule has 3 unspecified atom stereocenters. The number of carbonyl (C=O) groups is 1. The van der Waals surface area contributed by atoms with E-state index in [1.165, 1.54) is 36.7 Å². The Morgan fingerprint density at radius 3 is 2.57 bits per heavy atom. The van der Waals surface area contributed by atoms with Gasteiger partial charge in [0.2, 0.25) is 15.9 Å². The fourth-order valence-electron chi connectivity index (χ4n) is 5.89. The van der Waals surface area contributed by atoms with Gasteiger partial charge in [-0.25, -0.2) is 27.2 Å². The van der Waals surface area contributed by atoms with Gasteiger partial charge in [-0.2, -0.15) is 4.31 Å². The van der Waals surface area contributed by atoms with Crippen molar-refractivity contribution in [2.45, 2.75) is 69.7 Å². The van der Waals surface area contributed by atoms with Crippen LogP contribution in [-0.4, -0.2) is 71.7 Å². The van der Waals surface area contributed by atoms with Crippen molar-refractivity contribution in [3.63, 3.8) is 0 Å². The molecular formula is C31H38F2N6O4S. The molecular weight excluding hydrogens is 590 g/mol. The number of aromatic nitrogens is 2. The Balaban J connectivity index is 1.36. The average Bonchev–Trinajstić information content (AvgIpc) is 3.10. The van der Waals surface area contributed by atoms with E-state index in [2.05, 4.69) is 20.6 Å². The molecule has 2 fully saturated rings. The maximum atomic E-state index is 15.2. The summed E-state index contributed by atoms with van der Waals surface area (Å²) in [6.45, 7) is 4.57. The number of fused-ring (bicyclic) bond motifs is 2. The third kappa shape index (κ3) is 7.40. The number of carbonyl (C=O) groups excluding carboxylic acids is 1. The van der Waals surface area contributed by atoms with Crippen molar-refractivity contribution in [1.29, 1.82) is 0 Å². The minimum Gasteiger partial charge on any atom is -0.461 e. The zero-order valence-corrected chi connectivity index (χ0v) is 25.6. The Bertz CT molecular complexity index is 1560. The number of piperazine rings is 1. The van der Waals surface area contributed by atoms with Gasteiger partial charge in [-0.3, -0.25) is 4.79 Å². The van der Waals surface area contributed by atoms with Crippen molar-refractivity contribution >= 4 is 21.6 Å². The molecule has 1 amide bonds. The highest BCUT2D eigenvalue weighted by Crippen LogP contribution is 2.30. The Labute approximate surface area is 256 Å². The second kappa shape index (κ2) is 13.6. The van der Waals surface area contributed by atoms with E-state index in [9.17, 15) is 17.6 Å². The zero-order chi connectivity index (χ0) is 31.4. The van der Waals surface area contributed by atoms with Crippen LogP contribution >= 0.6 is 0 Å². The lowest BCUT2D eigenvalue weighted by Crippen LogP contribution is -2.57. The van der Waals surface area contributed by atoms with Crippen LogP contribution in [0.1, 0.15) is 55.7 Å². The molecule has 44 heavy (non-hydrogen) atoms. The molecule has 2 aliphatic rings. The van der Waals surface area contributed by atoms with Crippen molar-refractivity contribution in [1.82, 2.24) is 19.6 Å². The molecule has 2 bridgehead atoms. The molecule has 2 aliphatic heterocycles. The fourth-order valence-corrected chi connectivity index (χ4v) is 7.70. The van der Waals surface area contributed by atoms with Crippen molar-refractivity contribution < 1.29 is 26.7 Å². The van der Waals surface area contributed by atoms with Crippen LogP contribution in [0.15, 0.2) is 54.9 Å². The van der Waals surface area contributed by atoms with Gasteiger partial charge in [0.15, 0.2) is 0 Å². The van der Waals surface area contributed by atoms with Crippen LogP contribution in [0.3, 0.4) is 0 Å². The lowest BCUT2D eigenvalue weighted by molar-refractivity contribution is -0.117. The second-order valence-electron chi connectivity index (χ2n) is 11.6.